The van der Waals surface area contributed by atoms with E-state index in [9.17, 15) is 23.2 Å². The summed E-state index contributed by atoms with van der Waals surface area (Å²) < 4.78 is 31.2. The van der Waals surface area contributed by atoms with Crippen LogP contribution in [0.1, 0.15) is 18.6 Å². The van der Waals surface area contributed by atoms with Gasteiger partial charge in [-0.25, -0.2) is 8.78 Å². The average Bonchev–Trinajstić information content (AvgIpc) is 3.27. The molecule has 9 heteroatoms. The van der Waals surface area contributed by atoms with E-state index < -0.39 is 23.4 Å². The highest BCUT2D eigenvalue weighted by molar-refractivity contribution is 6.39. The van der Waals surface area contributed by atoms with Crippen LogP contribution in [0.3, 0.4) is 0 Å². The van der Waals surface area contributed by atoms with Gasteiger partial charge in [0, 0.05) is 37.5 Å². The number of amides is 3. The number of nitrogens with one attached hydrogen (secondary N) is 2. The molecule has 30 heavy (non-hydrogen) atoms. The van der Waals surface area contributed by atoms with Crippen LogP contribution < -0.4 is 10.6 Å². The first kappa shape index (κ1) is 21.2. The van der Waals surface area contributed by atoms with Crippen molar-refractivity contribution in [2.45, 2.75) is 12.8 Å². The minimum atomic E-state index is -1.12. The number of piperidine rings is 1. The molecular formula is C21H21F2N3O4. The minimum Gasteiger partial charge on any atom is -0.465 e. The Morgan fingerprint density at radius 3 is 2.53 bits per heavy atom. The lowest BCUT2D eigenvalue weighted by Crippen LogP contribution is -2.43. The zero-order valence-corrected chi connectivity index (χ0v) is 16.1. The first-order valence-corrected chi connectivity index (χ1v) is 9.47. The highest BCUT2D eigenvalue weighted by Gasteiger charge is 2.23. The molecule has 0 bridgehead atoms. The molecule has 3 rings (SSSR count). The van der Waals surface area contributed by atoms with Gasteiger partial charge in [0.25, 0.3) is 0 Å². The Kier molecular flexibility index (Phi) is 6.95. The summed E-state index contributed by atoms with van der Waals surface area (Å²) >= 11 is 0. The van der Waals surface area contributed by atoms with Crippen LogP contribution in [0.5, 0.6) is 0 Å². The lowest BCUT2D eigenvalue weighted by molar-refractivity contribution is -0.136. The Hall–Kier alpha value is -3.49. The number of benzene rings is 1. The molecule has 2 N–H and O–H groups in total. The lowest BCUT2D eigenvalue weighted by Gasteiger charge is -2.31. The molecule has 158 valence electrons. The van der Waals surface area contributed by atoms with Crippen molar-refractivity contribution >= 4 is 29.5 Å². The van der Waals surface area contributed by atoms with Crippen LogP contribution in [-0.4, -0.2) is 42.3 Å². The van der Waals surface area contributed by atoms with E-state index in [-0.39, 0.29) is 24.1 Å². The summed E-state index contributed by atoms with van der Waals surface area (Å²) in [4.78, 5) is 37.7. The number of carbonyl (C=O) groups excluding carboxylic acids is 3. The summed E-state index contributed by atoms with van der Waals surface area (Å²) in [5.74, 6) is -3.37. The highest BCUT2D eigenvalue weighted by atomic mass is 19.2. The minimum absolute atomic E-state index is 0.0107. The molecule has 0 saturated carbocycles. The van der Waals surface area contributed by atoms with Crippen LogP contribution in [0.15, 0.2) is 47.1 Å². The number of hydrogen-bond acceptors (Lipinski definition) is 4. The van der Waals surface area contributed by atoms with E-state index in [4.69, 9.17) is 4.42 Å². The van der Waals surface area contributed by atoms with Crippen molar-refractivity contribution in [2.24, 2.45) is 5.92 Å². The molecule has 1 aromatic heterocycles. The molecular weight excluding hydrogens is 396 g/mol. The van der Waals surface area contributed by atoms with Crippen molar-refractivity contribution in [3.8, 4) is 0 Å². The second kappa shape index (κ2) is 9.82. The first-order valence-electron chi connectivity index (χ1n) is 9.47. The summed E-state index contributed by atoms with van der Waals surface area (Å²) in [5.41, 5.74) is -0.0107. The largest absolute Gasteiger partial charge is 0.465 e. The number of furan rings is 1. The first-order chi connectivity index (χ1) is 14.4. The fraction of sp³-hybridized carbons (Fsp3) is 0.286. The van der Waals surface area contributed by atoms with Crippen molar-refractivity contribution in [2.75, 3.05) is 25.0 Å². The van der Waals surface area contributed by atoms with E-state index in [1.165, 1.54) is 12.3 Å². The van der Waals surface area contributed by atoms with Crippen LogP contribution in [-0.2, 0) is 14.4 Å². The molecule has 2 aromatic rings. The van der Waals surface area contributed by atoms with Gasteiger partial charge in [-0.2, -0.15) is 0 Å². The maximum Gasteiger partial charge on any atom is 0.313 e. The van der Waals surface area contributed by atoms with Gasteiger partial charge in [0.2, 0.25) is 5.91 Å². The van der Waals surface area contributed by atoms with Gasteiger partial charge >= 0.3 is 11.8 Å². The third-order valence-electron chi connectivity index (χ3n) is 4.79. The van der Waals surface area contributed by atoms with E-state index in [2.05, 4.69) is 10.6 Å². The van der Waals surface area contributed by atoms with E-state index in [0.29, 0.717) is 31.7 Å². The molecule has 0 atom stereocenters. The number of likely N-dealkylation sites (tertiary alicyclic amines) is 1. The Labute approximate surface area is 171 Å². The summed E-state index contributed by atoms with van der Waals surface area (Å²) in [6, 6.07) is 6.32. The van der Waals surface area contributed by atoms with Crippen molar-refractivity contribution < 1.29 is 27.6 Å². The maximum atomic E-state index is 13.2. The fourth-order valence-electron chi connectivity index (χ4n) is 3.08. The molecule has 1 fully saturated rings. The second-order valence-corrected chi connectivity index (χ2v) is 6.91. The van der Waals surface area contributed by atoms with E-state index >= 15 is 0 Å². The van der Waals surface area contributed by atoms with Gasteiger partial charge in [-0.3, -0.25) is 14.4 Å². The Morgan fingerprint density at radius 2 is 1.87 bits per heavy atom. The van der Waals surface area contributed by atoms with Crippen LogP contribution >= 0.6 is 0 Å². The van der Waals surface area contributed by atoms with Gasteiger partial charge in [-0.1, -0.05) is 0 Å². The van der Waals surface area contributed by atoms with E-state index in [1.54, 1.807) is 23.1 Å². The number of halogens is 2. The molecule has 0 spiro atoms. The number of carbonyl (C=O) groups is 3. The third-order valence-corrected chi connectivity index (χ3v) is 4.79. The molecule has 7 nitrogen and oxygen atoms in total. The standard InChI is InChI=1S/C21H21F2N3O4/c22-17-5-3-15(12-18(17)23)25-21(29)20(28)24-13-14-7-9-26(10-8-14)19(27)6-4-16-2-1-11-30-16/h1-6,11-12,14H,7-10,13H2,(H,24,28)(H,25,29)/b6-4+. The summed E-state index contributed by atoms with van der Waals surface area (Å²) in [6.07, 6.45) is 5.97. The molecule has 2 heterocycles. The van der Waals surface area contributed by atoms with Crippen LogP contribution in [0, 0.1) is 17.6 Å². The molecule has 1 saturated heterocycles. The fourth-order valence-corrected chi connectivity index (χ4v) is 3.08. The highest BCUT2D eigenvalue weighted by Crippen LogP contribution is 2.17. The Balaban J connectivity index is 1.39. The Bertz CT molecular complexity index is 936. The molecule has 3 amide bonds. The number of nitrogens with zero attached hydrogens (tertiary/aromatic N) is 1. The topological polar surface area (TPSA) is 91.7 Å². The number of hydrogen-bond donors (Lipinski definition) is 2. The van der Waals surface area contributed by atoms with Crippen molar-refractivity contribution in [1.29, 1.82) is 0 Å². The van der Waals surface area contributed by atoms with Gasteiger partial charge in [0.05, 0.1) is 6.26 Å². The van der Waals surface area contributed by atoms with Crippen LogP contribution in [0.25, 0.3) is 6.08 Å². The lowest BCUT2D eigenvalue weighted by atomic mass is 9.96. The SMILES string of the molecule is O=C(NCC1CCN(C(=O)/C=C/c2ccco2)CC1)C(=O)Nc1ccc(F)c(F)c1. The van der Waals surface area contributed by atoms with Gasteiger partial charge in [-0.05, 0) is 49.1 Å². The maximum absolute atomic E-state index is 13.2. The molecule has 0 unspecified atom stereocenters. The summed E-state index contributed by atoms with van der Waals surface area (Å²) in [5, 5.41) is 4.76. The van der Waals surface area contributed by atoms with Crippen molar-refractivity contribution in [1.82, 2.24) is 10.2 Å². The van der Waals surface area contributed by atoms with Crippen LogP contribution in [0.4, 0.5) is 14.5 Å². The van der Waals surface area contributed by atoms with Crippen LogP contribution in [0.2, 0.25) is 0 Å². The molecule has 1 aliphatic heterocycles. The zero-order valence-electron chi connectivity index (χ0n) is 16.1. The van der Waals surface area contributed by atoms with Gasteiger partial charge in [-0.15, -0.1) is 0 Å². The monoisotopic (exact) mass is 417 g/mol. The predicted octanol–water partition coefficient (Wildman–Crippen LogP) is 2.56. The van der Waals surface area contributed by atoms with Crippen molar-refractivity contribution in [3.63, 3.8) is 0 Å². The van der Waals surface area contributed by atoms with Crippen molar-refractivity contribution in [3.05, 3.63) is 60.1 Å². The Morgan fingerprint density at radius 1 is 1.10 bits per heavy atom. The van der Waals surface area contributed by atoms with Gasteiger partial charge < -0.3 is 20.0 Å². The zero-order chi connectivity index (χ0) is 21.5. The van der Waals surface area contributed by atoms with Gasteiger partial charge in [0.15, 0.2) is 11.6 Å². The summed E-state index contributed by atoms with van der Waals surface area (Å²) in [7, 11) is 0. The molecule has 0 aliphatic carbocycles. The number of rotatable bonds is 5. The predicted molar refractivity (Wildman–Crippen MR) is 105 cm³/mol. The third kappa shape index (κ3) is 5.76. The summed E-state index contributed by atoms with van der Waals surface area (Å²) in [6.45, 7) is 1.38. The van der Waals surface area contributed by atoms with Gasteiger partial charge in [0.1, 0.15) is 5.76 Å². The molecule has 0 radical (unpaired) electrons. The average molecular weight is 417 g/mol. The number of anilines is 1. The quantitative estimate of drug-likeness (QED) is 0.578. The second-order valence-electron chi connectivity index (χ2n) is 6.91. The molecule has 1 aliphatic rings. The molecule has 1 aromatic carbocycles. The normalized spacial score (nSPS) is 14.7. The van der Waals surface area contributed by atoms with E-state index in [1.807, 2.05) is 0 Å². The smallest absolute Gasteiger partial charge is 0.313 e. The van der Waals surface area contributed by atoms with E-state index in [0.717, 1.165) is 18.2 Å².